The molecule has 100 valence electrons. The zero-order valence-electron chi connectivity index (χ0n) is 11.1. The first-order valence-electron chi connectivity index (χ1n) is 6.27. The molecule has 0 heterocycles. The van der Waals surface area contributed by atoms with E-state index >= 15 is 0 Å². The zero-order valence-corrected chi connectivity index (χ0v) is 11.9. The first-order valence-corrected chi connectivity index (χ1v) is 6.65. The van der Waals surface area contributed by atoms with Crippen molar-refractivity contribution >= 4 is 23.2 Å². The lowest BCUT2D eigenvalue weighted by atomic mass is 10.1. The molecule has 0 radical (unpaired) electrons. The summed E-state index contributed by atoms with van der Waals surface area (Å²) in [4.78, 5) is 13.7. The Morgan fingerprint density at radius 1 is 1.33 bits per heavy atom. The van der Waals surface area contributed by atoms with Gasteiger partial charge in [0.2, 0.25) is 5.91 Å². The van der Waals surface area contributed by atoms with Gasteiger partial charge in [0.1, 0.15) is 5.82 Å². The number of aryl methyl sites for hydroxylation is 1. The molecule has 18 heavy (non-hydrogen) atoms. The number of hydrogen-bond acceptors (Lipinski definition) is 1. The van der Waals surface area contributed by atoms with Crippen molar-refractivity contribution in [3.05, 3.63) is 28.5 Å². The quantitative estimate of drug-likeness (QED) is 0.780. The molecule has 4 heteroatoms. The first-order chi connectivity index (χ1) is 8.51. The predicted molar refractivity (Wildman–Crippen MR) is 73.7 cm³/mol. The van der Waals surface area contributed by atoms with Crippen LogP contribution in [0.3, 0.4) is 0 Å². The molecule has 0 aliphatic heterocycles. The van der Waals surface area contributed by atoms with Crippen molar-refractivity contribution in [3.63, 3.8) is 0 Å². The predicted octanol–water partition coefficient (Wildman–Crippen LogP) is 4.33. The van der Waals surface area contributed by atoms with E-state index in [9.17, 15) is 9.18 Å². The van der Waals surface area contributed by atoms with Gasteiger partial charge in [-0.3, -0.25) is 4.79 Å². The highest BCUT2D eigenvalue weighted by atomic mass is 35.5. The third-order valence-corrected chi connectivity index (χ3v) is 3.03. The number of halogens is 2. The van der Waals surface area contributed by atoms with Gasteiger partial charge in [0, 0.05) is 13.0 Å². The van der Waals surface area contributed by atoms with Crippen LogP contribution in [0.25, 0.3) is 0 Å². The number of nitrogens with zero attached hydrogens (tertiary/aromatic N) is 1. The second-order valence-corrected chi connectivity index (χ2v) is 4.76. The molecule has 0 spiro atoms. The molecule has 0 bridgehead atoms. The summed E-state index contributed by atoms with van der Waals surface area (Å²) in [6.45, 7) is 6.23. The highest BCUT2D eigenvalue weighted by Gasteiger charge is 2.18. The summed E-state index contributed by atoms with van der Waals surface area (Å²) in [5.41, 5.74) is 1.11. The molecule has 2 nitrogen and oxygen atoms in total. The fourth-order valence-electron chi connectivity index (χ4n) is 1.80. The van der Waals surface area contributed by atoms with Gasteiger partial charge in [-0.05, 0) is 37.5 Å². The summed E-state index contributed by atoms with van der Waals surface area (Å²) in [7, 11) is 0. The first kappa shape index (κ1) is 15.0. The van der Waals surface area contributed by atoms with Gasteiger partial charge < -0.3 is 4.90 Å². The van der Waals surface area contributed by atoms with Crippen LogP contribution in [0.5, 0.6) is 0 Å². The summed E-state index contributed by atoms with van der Waals surface area (Å²) in [5, 5.41) is 0.288. The molecule has 0 unspecified atom stereocenters. The molecule has 1 rings (SSSR count). The number of benzene rings is 1. The van der Waals surface area contributed by atoms with Crippen LogP contribution in [0, 0.1) is 12.7 Å². The second kappa shape index (κ2) is 6.74. The number of carbonyl (C=O) groups excluding carboxylic acids is 1. The maximum Gasteiger partial charge on any atom is 0.227 e. The Balaban J connectivity index is 3.12. The number of carbonyl (C=O) groups is 1. The summed E-state index contributed by atoms with van der Waals surface area (Å²) in [6.07, 6.45) is 2.10. The lowest BCUT2D eigenvalue weighted by Crippen LogP contribution is -2.31. The lowest BCUT2D eigenvalue weighted by molar-refractivity contribution is -0.118. The molecule has 1 amide bonds. The van der Waals surface area contributed by atoms with Crippen LogP contribution in [-0.4, -0.2) is 12.5 Å². The van der Waals surface area contributed by atoms with E-state index in [0.717, 1.165) is 12.8 Å². The minimum absolute atomic E-state index is 0.0345. The molecule has 1 aromatic rings. The Morgan fingerprint density at radius 3 is 2.56 bits per heavy atom. The smallest absolute Gasteiger partial charge is 0.227 e. The summed E-state index contributed by atoms with van der Waals surface area (Å²) < 4.78 is 13.4. The van der Waals surface area contributed by atoms with Gasteiger partial charge >= 0.3 is 0 Å². The molecule has 1 aromatic carbocycles. The largest absolute Gasteiger partial charge is 0.311 e. The highest BCUT2D eigenvalue weighted by molar-refractivity contribution is 6.33. The van der Waals surface area contributed by atoms with Gasteiger partial charge in [0.25, 0.3) is 0 Å². The molecular weight excluding hydrogens is 253 g/mol. The average Bonchev–Trinajstić information content (AvgIpc) is 2.31. The molecule has 0 aliphatic carbocycles. The van der Waals surface area contributed by atoms with Crippen LogP contribution < -0.4 is 4.90 Å². The standard InChI is InChI=1S/C14H19ClFNO/c1-4-6-14(18)17(7-5-2)13-8-10(3)12(16)9-11(13)15/h8-9H,4-7H2,1-3H3. The third kappa shape index (κ3) is 3.45. The normalized spacial score (nSPS) is 10.5. The monoisotopic (exact) mass is 271 g/mol. The minimum atomic E-state index is -0.344. The number of amides is 1. The van der Waals surface area contributed by atoms with Crippen LogP contribution in [0.4, 0.5) is 10.1 Å². The summed E-state index contributed by atoms with van der Waals surface area (Å²) in [6, 6.07) is 2.91. The zero-order chi connectivity index (χ0) is 13.7. The average molecular weight is 272 g/mol. The molecule has 0 fully saturated rings. The number of anilines is 1. The Hall–Kier alpha value is -1.09. The van der Waals surface area contributed by atoms with Crippen LogP contribution >= 0.6 is 11.6 Å². The van der Waals surface area contributed by atoms with E-state index in [1.54, 1.807) is 17.9 Å². The van der Waals surface area contributed by atoms with E-state index in [0.29, 0.717) is 24.2 Å². The van der Waals surface area contributed by atoms with E-state index in [-0.39, 0.29) is 16.7 Å². The van der Waals surface area contributed by atoms with Crippen LogP contribution in [0.2, 0.25) is 5.02 Å². The highest BCUT2D eigenvalue weighted by Crippen LogP contribution is 2.29. The van der Waals surface area contributed by atoms with E-state index in [4.69, 9.17) is 11.6 Å². The minimum Gasteiger partial charge on any atom is -0.311 e. The van der Waals surface area contributed by atoms with Gasteiger partial charge in [0.15, 0.2) is 0 Å². The molecule has 0 atom stereocenters. The van der Waals surface area contributed by atoms with Crippen LogP contribution in [0.15, 0.2) is 12.1 Å². The molecule has 0 N–H and O–H groups in total. The SMILES string of the molecule is CCCC(=O)N(CCC)c1cc(C)c(F)cc1Cl. The Morgan fingerprint density at radius 2 is 2.00 bits per heavy atom. The van der Waals surface area contributed by atoms with Gasteiger partial charge in [-0.25, -0.2) is 4.39 Å². The van der Waals surface area contributed by atoms with E-state index in [1.165, 1.54) is 6.07 Å². The number of hydrogen-bond donors (Lipinski definition) is 0. The molecule has 0 saturated carbocycles. The van der Waals surface area contributed by atoms with E-state index in [2.05, 4.69) is 0 Å². The van der Waals surface area contributed by atoms with Crippen molar-refractivity contribution in [2.75, 3.05) is 11.4 Å². The number of rotatable bonds is 5. The van der Waals surface area contributed by atoms with Gasteiger partial charge in [-0.15, -0.1) is 0 Å². The summed E-state index contributed by atoms with van der Waals surface area (Å²) >= 11 is 6.04. The van der Waals surface area contributed by atoms with Gasteiger partial charge in [-0.1, -0.05) is 25.4 Å². The molecule has 0 aliphatic rings. The fraction of sp³-hybridized carbons (Fsp3) is 0.500. The van der Waals surface area contributed by atoms with Gasteiger partial charge in [-0.2, -0.15) is 0 Å². The summed E-state index contributed by atoms with van der Waals surface area (Å²) in [5.74, 6) is -0.310. The molecule has 0 aromatic heterocycles. The van der Waals surface area contributed by atoms with Crippen molar-refractivity contribution in [2.45, 2.75) is 40.0 Å². The van der Waals surface area contributed by atoms with Crippen molar-refractivity contribution in [1.29, 1.82) is 0 Å². The van der Waals surface area contributed by atoms with Crippen molar-refractivity contribution in [2.24, 2.45) is 0 Å². The lowest BCUT2D eigenvalue weighted by Gasteiger charge is -2.24. The van der Waals surface area contributed by atoms with Crippen LogP contribution in [-0.2, 0) is 4.79 Å². The topological polar surface area (TPSA) is 20.3 Å². The van der Waals surface area contributed by atoms with Gasteiger partial charge in [0.05, 0.1) is 10.7 Å². The Labute approximate surface area is 113 Å². The van der Waals surface area contributed by atoms with Crippen molar-refractivity contribution in [1.82, 2.24) is 0 Å². The Kier molecular flexibility index (Phi) is 5.60. The third-order valence-electron chi connectivity index (χ3n) is 2.73. The van der Waals surface area contributed by atoms with Crippen molar-refractivity contribution in [3.8, 4) is 0 Å². The Bertz CT molecular complexity index is 434. The van der Waals surface area contributed by atoms with E-state index in [1.807, 2.05) is 13.8 Å². The molecule has 0 saturated heterocycles. The maximum absolute atomic E-state index is 13.4. The van der Waals surface area contributed by atoms with Crippen LogP contribution in [0.1, 0.15) is 38.7 Å². The van der Waals surface area contributed by atoms with Crippen molar-refractivity contribution < 1.29 is 9.18 Å². The fourth-order valence-corrected chi connectivity index (χ4v) is 2.05. The second-order valence-electron chi connectivity index (χ2n) is 4.35. The van der Waals surface area contributed by atoms with E-state index < -0.39 is 0 Å². The molecular formula is C14H19ClFNO. The maximum atomic E-state index is 13.4.